The Morgan fingerprint density at radius 1 is 1.00 bits per heavy atom. The summed E-state index contributed by atoms with van der Waals surface area (Å²) in [6, 6.07) is 15.5. The molecule has 3 nitrogen and oxygen atoms in total. The van der Waals surface area contributed by atoms with Crippen molar-refractivity contribution in [3.05, 3.63) is 64.5 Å². The van der Waals surface area contributed by atoms with E-state index >= 15 is 0 Å². The lowest BCUT2D eigenvalue weighted by atomic mass is 9.98. The number of fused-ring (bicyclic) bond motifs is 1. The van der Waals surface area contributed by atoms with Crippen molar-refractivity contribution in [3.63, 3.8) is 0 Å². The van der Waals surface area contributed by atoms with Gasteiger partial charge in [0.1, 0.15) is 11.3 Å². The van der Waals surface area contributed by atoms with Crippen molar-refractivity contribution in [2.45, 2.75) is 39.0 Å². The molecule has 0 radical (unpaired) electrons. The molecule has 3 aromatic rings. The van der Waals surface area contributed by atoms with Crippen molar-refractivity contribution in [2.75, 3.05) is 7.11 Å². The van der Waals surface area contributed by atoms with Crippen LogP contribution in [0.5, 0.6) is 5.75 Å². The predicted octanol–water partition coefficient (Wildman–Crippen LogP) is 5.59. The maximum atomic E-state index is 12.0. The molecule has 1 heterocycles. The van der Waals surface area contributed by atoms with Crippen molar-refractivity contribution in [2.24, 2.45) is 0 Å². The molecule has 130 valence electrons. The summed E-state index contributed by atoms with van der Waals surface area (Å²) in [5.41, 5.74) is 3.31. The van der Waals surface area contributed by atoms with Gasteiger partial charge in [0.05, 0.1) is 7.11 Å². The lowest BCUT2D eigenvalue weighted by molar-refractivity contribution is 0.408. The van der Waals surface area contributed by atoms with Crippen LogP contribution in [0.4, 0.5) is 0 Å². The van der Waals surface area contributed by atoms with Crippen LogP contribution in [0, 0.1) is 0 Å². The molecule has 0 bridgehead atoms. The Bertz CT molecular complexity index is 894. The molecule has 0 N–H and O–H groups in total. The third-order valence-electron chi connectivity index (χ3n) is 4.53. The van der Waals surface area contributed by atoms with Gasteiger partial charge in [-0.2, -0.15) is 0 Å². The van der Waals surface area contributed by atoms with E-state index in [1.807, 2.05) is 36.4 Å². The van der Waals surface area contributed by atoms with E-state index in [0.717, 1.165) is 40.7 Å². The second kappa shape index (κ2) is 8.02. The van der Waals surface area contributed by atoms with Gasteiger partial charge in [0.15, 0.2) is 0 Å². The van der Waals surface area contributed by atoms with E-state index < -0.39 is 0 Å². The summed E-state index contributed by atoms with van der Waals surface area (Å²) in [5, 5.41) is 0.956. The van der Waals surface area contributed by atoms with Crippen LogP contribution in [0.2, 0.25) is 0 Å². The van der Waals surface area contributed by atoms with E-state index in [2.05, 4.69) is 13.0 Å². The lowest BCUT2D eigenvalue weighted by Gasteiger charge is -2.12. The number of hydrogen-bond donors (Lipinski definition) is 0. The fourth-order valence-electron chi connectivity index (χ4n) is 3.22. The largest absolute Gasteiger partial charge is 0.496 e. The number of unbranched alkanes of at least 4 members (excludes halogenated alkanes) is 3. The summed E-state index contributed by atoms with van der Waals surface area (Å²) in [6.07, 6.45) is 5.78. The maximum absolute atomic E-state index is 12.0. The summed E-state index contributed by atoms with van der Waals surface area (Å²) < 4.78 is 11.0. The first-order valence-corrected chi connectivity index (χ1v) is 8.93. The number of rotatable bonds is 7. The van der Waals surface area contributed by atoms with Crippen molar-refractivity contribution >= 4 is 11.0 Å². The van der Waals surface area contributed by atoms with Gasteiger partial charge in [-0.3, -0.25) is 0 Å². The molecule has 0 aliphatic carbocycles. The smallest absolute Gasteiger partial charge is 0.336 e. The standard InChI is InChI=1S/C22H24O3/c1-3-4-5-7-12-17-13-19-18(16-10-8-6-9-11-16)14-22(23)25-21(19)15-20(17)24-2/h6,8-11,13-15H,3-5,7,12H2,1-2H3. The minimum Gasteiger partial charge on any atom is -0.496 e. The van der Waals surface area contributed by atoms with E-state index in [4.69, 9.17) is 9.15 Å². The third kappa shape index (κ3) is 3.93. The molecular weight excluding hydrogens is 312 g/mol. The zero-order valence-electron chi connectivity index (χ0n) is 14.9. The van der Waals surface area contributed by atoms with E-state index in [0.29, 0.717) is 5.58 Å². The van der Waals surface area contributed by atoms with Gasteiger partial charge >= 0.3 is 5.63 Å². The summed E-state index contributed by atoms with van der Waals surface area (Å²) >= 11 is 0. The molecule has 3 rings (SSSR count). The molecule has 0 aliphatic rings. The summed E-state index contributed by atoms with van der Waals surface area (Å²) in [6.45, 7) is 2.21. The van der Waals surface area contributed by atoms with Gasteiger partial charge in [-0.15, -0.1) is 0 Å². The Labute approximate surface area is 148 Å². The van der Waals surface area contributed by atoms with Gasteiger partial charge in [0.25, 0.3) is 0 Å². The third-order valence-corrected chi connectivity index (χ3v) is 4.53. The molecule has 0 aliphatic heterocycles. The van der Waals surface area contributed by atoms with Crippen LogP contribution in [-0.2, 0) is 6.42 Å². The molecule has 25 heavy (non-hydrogen) atoms. The SMILES string of the molecule is CCCCCCc1cc2c(-c3ccccc3)cc(=O)oc2cc1OC. The highest BCUT2D eigenvalue weighted by molar-refractivity contribution is 5.94. The average Bonchev–Trinajstić information content (AvgIpc) is 2.64. The number of hydrogen-bond acceptors (Lipinski definition) is 3. The molecule has 0 amide bonds. The fraction of sp³-hybridized carbons (Fsp3) is 0.318. The first kappa shape index (κ1) is 17.3. The summed E-state index contributed by atoms with van der Waals surface area (Å²) in [5.74, 6) is 0.789. The topological polar surface area (TPSA) is 39.4 Å². The van der Waals surface area contributed by atoms with Crippen LogP contribution in [-0.4, -0.2) is 7.11 Å². The second-order valence-corrected chi connectivity index (χ2v) is 6.32. The van der Waals surface area contributed by atoms with Crippen molar-refractivity contribution < 1.29 is 9.15 Å². The first-order chi connectivity index (χ1) is 12.2. The monoisotopic (exact) mass is 336 g/mol. The van der Waals surface area contributed by atoms with E-state index in [1.165, 1.54) is 19.3 Å². The van der Waals surface area contributed by atoms with Crippen LogP contribution in [0.15, 0.2) is 57.7 Å². The zero-order chi connectivity index (χ0) is 17.6. The fourth-order valence-corrected chi connectivity index (χ4v) is 3.22. The quantitative estimate of drug-likeness (QED) is 0.417. The maximum Gasteiger partial charge on any atom is 0.336 e. The Morgan fingerprint density at radius 2 is 1.80 bits per heavy atom. The van der Waals surface area contributed by atoms with Crippen molar-refractivity contribution in [1.29, 1.82) is 0 Å². The Kier molecular flexibility index (Phi) is 5.54. The van der Waals surface area contributed by atoms with Gasteiger partial charge in [-0.1, -0.05) is 56.5 Å². The van der Waals surface area contributed by atoms with Gasteiger partial charge in [-0.25, -0.2) is 4.79 Å². The Balaban J connectivity index is 2.09. The molecule has 0 unspecified atom stereocenters. The summed E-state index contributed by atoms with van der Waals surface area (Å²) in [4.78, 5) is 12.0. The molecule has 0 spiro atoms. The zero-order valence-corrected chi connectivity index (χ0v) is 14.9. The van der Waals surface area contributed by atoms with Gasteiger partial charge < -0.3 is 9.15 Å². The Morgan fingerprint density at radius 3 is 2.52 bits per heavy atom. The molecular formula is C22H24O3. The number of ether oxygens (including phenoxy) is 1. The lowest BCUT2D eigenvalue weighted by Crippen LogP contribution is -2.00. The van der Waals surface area contributed by atoms with Crippen molar-refractivity contribution in [3.8, 4) is 16.9 Å². The molecule has 0 saturated carbocycles. The van der Waals surface area contributed by atoms with E-state index in [1.54, 1.807) is 13.2 Å². The van der Waals surface area contributed by atoms with Gasteiger partial charge in [0.2, 0.25) is 0 Å². The second-order valence-electron chi connectivity index (χ2n) is 6.32. The first-order valence-electron chi connectivity index (χ1n) is 8.93. The average molecular weight is 336 g/mol. The minimum atomic E-state index is -0.343. The highest BCUT2D eigenvalue weighted by Crippen LogP contribution is 2.33. The van der Waals surface area contributed by atoms with Crippen LogP contribution in [0.3, 0.4) is 0 Å². The molecule has 0 fully saturated rings. The van der Waals surface area contributed by atoms with E-state index in [-0.39, 0.29) is 5.63 Å². The van der Waals surface area contributed by atoms with Crippen LogP contribution < -0.4 is 10.4 Å². The highest BCUT2D eigenvalue weighted by atomic mass is 16.5. The van der Waals surface area contributed by atoms with Crippen LogP contribution in [0.1, 0.15) is 38.2 Å². The summed E-state index contributed by atoms with van der Waals surface area (Å²) in [7, 11) is 1.66. The van der Waals surface area contributed by atoms with Gasteiger partial charge in [-0.05, 0) is 35.6 Å². The molecule has 0 saturated heterocycles. The molecule has 3 heteroatoms. The van der Waals surface area contributed by atoms with Crippen molar-refractivity contribution in [1.82, 2.24) is 0 Å². The minimum absolute atomic E-state index is 0.343. The highest BCUT2D eigenvalue weighted by Gasteiger charge is 2.12. The molecule has 1 aromatic heterocycles. The number of benzene rings is 2. The van der Waals surface area contributed by atoms with Crippen LogP contribution >= 0.6 is 0 Å². The van der Waals surface area contributed by atoms with Gasteiger partial charge in [0, 0.05) is 17.5 Å². The van der Waals surface area contributed by atoms with Crippen LogP contribution in [0.25, 0.3) is 22.1 Å². The molecule has 0 atom stereocenters. The number of methoxy groups -OCH3 is 1. The Hall–Kier alpha value is -2.55. The predicted molar refractivity (Wildman–Crippen MR) is 102 cm³/mol. The van der Waals surface area contributed by atoms with E-state index in [9.17, 15) is 4.79 Å². The number of aryl methyl sites for hydroxylation is 1. The normalized spacial score (nSPS) is 11.0. The molecule has 2 aromatic carbocycles.